The molecule has 0 bridgehead atoms. The standard InChI is InChI=1S/C12H14F2N2O/c1-2-16(7-3-4-7)12(17)10-8(13)5-6-9(15)11(10)14/h5-7H,2-4,15H2,1H3. The number of nitrogen functional groups attached to an aromatic ring is 1. The average Bonchev–Trinajstić information content (AvgIpc) is 3.10. The van der Waals surface area contributed by atoms with E-state index >= 15 is 0 Å². The van der Waals surface area contributed by atoms with E-state index in [9.17, 15) is 13.6 Å². The van der Waals surface area contributed by atoms with E-state index in [-0.39, 0.29) is 11.7 Å². The molecule has 1 amide bonds. The second-order valence-corrected chi connectivity index (χ2v) is 4.15. The summed E-state index contributed by atoms with van der Waals surface area (Å²) in [6, 6.07) is 2.26. The van der Waals surface area contributed by atoms with Crippen molar-refractivity contribution in [2.24, 2.45) is 0 Å². The third-order valence-corrected chi connectivity index (χ3v) is 2.92. The minimum absolute atomic E-state index is 0.118. The average molecular weight is 240 g/mol. The molecule has 1 fully saturated rings. The van der Waals surface area contributed by atoms with Crippen molar-refractivity contribution in [3.05, 3.63) is 29.3 Å². The summed E-state index contributed by atoms with van der Waals surface area (Å²) in [6.45, 7) is 2.23. The smallest absolute Gasteiger partial charge is 0.260 e. The van der Waals surface area contributed by atoms with Crippen molar-refractivity contribution < 1.29 is 13.6 Å². The van der Waals surface area contributed by atoms with E-state index in [2.05, 4.69) is 0 Å². The lowest BCUT2D eigenvalue weighted by Crippen LogP contribution is -2.34. The Kier molecular flexibility index (Phi) is 3.00. The summed E-state index contributed by atoms with van der Waals surface area (Å²) < 4.78 is 27.2. The summed E-state index contributed by atoms with van der Waals surface area (Å²) in [6.07, 6.45) is 1.79. The number of rotatable bonds is 3. The number of nitrogens with two attached hydrogens (primary N) is 1. The van der Waals surface area contributed by atoms with Crippen LogP contribution in [0.1, 0.15) is 30.1 Å². The van der Waals surface area contributed by atoms with Crippen molar-refractivity contribution in [3.63, 3.8) is 0 Å². The van der Waals surface area contributed by atoms with Crippen LogP contribution in [0.15, 0.2) is 12.1 Å². The summed E-state index contributed by atoms with van der Waals surface area (Å²) in [5, 5.41) is 0. The molecular weight excluding hydrogens is 226 g/mol. The molecule has 0 aliphatic heterocycles. The number of hydrogen-bond donors (Lipinski definition) is 1. The van der Waals surface area contributed by atoms with Crippen LogP contribution >= 0.6 is 0 Å². The van der Waals surface area contributed by atoms with E-state index in [1.54, 1.807) is 6.92 Å². The van der Waals surface area contributed by atoms with Crippen molar-refractivity contribution in [2.75, 3.05) is 12.3 Å². The van der Waals surface area contributed by atoms with Gasteiger partial charge in [-0.05, 0) is 31.9 Å². The third kappa shape index (κ3) is 2.09. The summed E-state index contributed by atoms with van der Waals surface area (Å²) >= 11 is 0. The summed E-state index contributed by atoms with van der Waals surface area (Å²) in [5.74, 6) is -2.44. The molecule has 1 saturated carbocycles. The van der Waals surface area contributed by atoms with Crippen LogP contribution in [-0.4, -0.2) is 23.4 Å². The predicted molar refractivity (Wildman–Crippen MR) is 60.5 cm³/mol. The Morgan fingerprint density at radius 3 is 2.65 bits per heavy atom. The molecule has 1 aliphatic carbocycles. The lowest BCUT2D eigenvalue weighted by molar-refractivity contribution is 0.0743. The van der Waals surface area contributed by atoms with Crippen molar-refractivity contribution >= 4 is 11.6 Å². The molecule has 1 aliphatic rings. The first-order chi connectivity index (χ1) is 8.06. The molecule has 0 heterocycles. The number of carbonyl (C=O) groups excluding carboxylic acids is 1. The van der Waals surface area contributed by atoms with Gasteiger partial charge in [-0.1, -0.05) is 0 Å². The molecule has 1 aromatic carbocycles. The van der Waals surface area contributed by atoms with Crippen LogP contribution in [0, 0.1) is 11.6 Å². The number of hydrogen-bond acceptors (Lipinski definition) is 2. The van der Waals surface area contributed by atoms with Gasteiger partial charge in [-0.3, -0.25) is 4.79 Å². The zero-order valence-corrected chi connectivity index (χ0v) is 9.54. The van der Waals surface area contributed by atoms with Gasteiger partial charge in [-0.2, -0.15) is 0 Å². The van der Waals surface area contributed by atoms with E-state index in [0.29, 0.717) is 6.54 Å². The van der Waals surface area contributed by atoms with Crippen LogP contribution < -0.4 is 5.73 Å². The molecule has 1 aromatic rings. The molecule has 0 radical (unpaired) electrons. The molecule has 2 rings (SSSR count). The second kappa shape index (κ2) is 4.31. The highest BCUT2D eigenvalue weighted by molar-refractivity contribution is 5.96. The molecule has 0 unspecified atom stereocenters. The normalized spacial score (nSPS) is 14.8. The first kappa shape index (κ1) is 11.8. The van der Waals surface area contributed by atoms with E-state index in [0.717, 1.165) is 25.0 Å². The first-order valence-electron chi connectivity index (χ1n) is 5.60. The minimum Gasteiger partial charge on any atom is -0.396 e. The Morgan fingerprint density at radius 2 is 2.12 bits per heavy atom. The van der Waals surface area contributed by atoms with E-state index in [4.69, 9.17) is 5.73 Å². The van der Waals surface area contributed by atoms with Gasteiger partial charge in [0.15, 0.2) is 5.82 Å². The highest BCUT2D eigenvalue weighted by Crippen LogP contribution is 2.29. The van der Waals surface area contributed by atoms with Gasteiger partial charge in [-0.25, -0.2) is 8.78 Å². The predicted octanol–water partition coefficient (Wildman–Crippen LogP) is 2.17. The molecular formula is C12H14F2N2O. The fourth-order valence-corrected chi connectivity index (χ4v) is 1.86. The first-order valence-corrected chi connectivity index (χ1v) is 5.60. The van der Waals surface area contributed by atoms with Crippen LogP contribution in [-0.2, 0) is 0 Å². The van der Waals surface area contributed by atoms with Crippen LogP contribution in [0.2, 0.25) is 0 Å². The largest absolute Gasteiger partial charge is 0.396 e. The second-order valence-electron chi connectivity index (χ2n) is 4.15. The molecule has 5 heteroatoms. The van der Waals surface area contributed by atoms with Gasteiger partial charge in [0, 0.05) is 12.6 Å². The Balaban J connectivity index is 2.38. The van der Waals surface area contributed by atoms with Gasteiger partial charge in [0.25, 0.3) is 5.91 Å². The Labute approximate surface area is 98.2 Å². The zero-order chi connectivity index (χ0) is 12.6. The third-order valence-electron chi connectivity index (χ3n) is 2.92. The van der Waals surface area contributed by atoms with Gasteiger partial charge in [0.05, 0.1) is 5.69 Å². The fourth-order valence-electron chi connectivity index (χ4n) is 1.86. The summed E-state index contributed by atoms with van der Waals surface area (Å²) in [4.78, 5) is 13.5. The van der Waals surface area contributed by atoms with Crippen molar-refractivity contribution in [1.82, 2.24) is 4.90 Å². The molecule has 0 spiro atoms. The van der Waals surface area contributed by atoms with Crippen LogP contribution in [0.5, 0.6) is 0 Å². The maximum atomic E-state index is 13.7. The number of halogens is 2. The molecule has 0 atom stereocenters. The minimum atomic E-state index is -0.964. The molecule has 0 aromatic heterocycles. The number of amides is 1. The Morgan fingerprint density at radius 1 is 1.47 bits per heavy atom. The molecule has 3 nitrogen and oxygen atoms in total. The van der Waals surface area contributed by atoms with E-state index in [1.807, 2.05) is 0 Å². The van der Waals surface area contributed by atoms with Gasteiger partial charge < -0.3 is 10.6 Å². The van der Waals surface area contributed by atoms with Crippen molar-refractivity contribution in [3.8, 4) is 0 Å². The number of benzene rings is 1. The van der Waals surface area contributed by atoms with Crippen LogP contribution in [0.25, 0.3) is 0 Å². The van der Waals surface area contributed by atoms with Gasteiger partial charge in [0.2, 0.25) is 0 Å². The topological polar surface area (TPSA) is 46.3 Å². The zero-order valence-electron chi connectivity index (χ0n) is 9.54. The maximum Gasteiger partial charge on any atom is 0.260 e. The Hall–Kier alpha value is -1.65. The van der Waals surface area contributed by atoms with Crippen molar-refractivity contribution in [1.29, 1.82) is 0 Å². The fraction of sp³-hybridized carbons (Fsp3) is 0.417. The monoisotopic (exact) mass is 240 g/mol. The van der Waals surface area contributed by atoms with E-state index < -0.39 is 23.1 Å². The lowest BCUT2D eigenvalue weighted by atomic mass is 10.1. The van der Waals surface area contributed by atoms with Gasteiger partial charge >= 0.3 is 0 Å². The van der Waals surface area contributed by atoms with E-state index in [1.165, 1.54) is 4.90 Å². The van der Waals surface area contributed by atoms with Gasteiger partial charge in [0.1, 0.15) is 11.4 Å². The maximum absolute atomic E-state index is 13.7. The lowest BCUT2D eigenvalue weighted by Gasteiger charge is -2.21. The number of anilines is 1. The SMILES string of the molecule is CCN(C(=O)c1c(F)ccc(N)c1F)C1CC1. The van der Waals surface area contributed by atoms with Crippen molar-refractivity contribution in [2.45, 2.75) is 25.8 Å². The highest BCUT2D eigenvalue weighted by atomic mass is 19.1. The van der Waals surface area contributed by atoms with Crippen LogP contribution in [0.3, 0.4) is 0 Å². The molecule has 17 heavy (non-hydrogen) atoms. The van der Waals surface area contributed by atoms with Gasteiger partial charge in [-0.15, -0.1) is 0 Å². The Bertz CT molecular complexity index is 458. The number of nitrogens with zero attached hydrogens (tertiary/aromatic N) is 1. The summed E-state index contributed by atoms with van der Waals surface area (Å²) in [7, 11) is 0. The highest BCUT2D eigenvalue weighted by Gasteiger charge is 2.34. The molecule has 2 N–H and O–H groups in total. The molecule has 92 valence electrons. The van der Waals surface area contributed by atoms with Crippen LogP contribution in [0.4, 0.5) is 14.5 Å². The molecule has 0 saturated heterocycles. The summed E-state index contributed by atoms with van der Waals surface area (Å²) in [5.41, 5.74) is 4.60. The quantitative estimate of drug-likeness (QED) is 0.823. The number of carbonyl (C=O) groups is 1.